The van der Waals surface area contributed by atoms with Crippen LogP contribution in [0.3, 0.4) is 0 Å². The first-order valence-electron chi connectivity index (χ1n) is 5.52. The van der Waals surface area contributed by atoms with Crippen molar-refractivity contribution in [1.29, 1.82) is 0 Å². The number of carboxylic acid groups (broad SMARTS) is 1. The fourth-order valence-electron chi connectivity index (χ4n) is 1.87. The predicted octanol–water partition coefficient (Wildman–Crippen LogP) is 1.15. The highest BCUT2D eigenvalue weighted by Crippen LogP contribution is 2.24. The van der Waals surface area contributed by atoms with E-state index in [9.17, 15) is 9.59 Å². The van der Waals surface area contributed by atoms with E-state index in [1.807, 2.05) is 19.1 Å². The minimum Gasteiger partial charge on any atom is -0.480 e. The van der Waals surface area contributed by atoms with Gasteiger partial charge in [-0.05, 0) is 30.7 Å². The number of nitrogens with zero attached hydrogens (tertiary/aromatic N) is 1. The first-order valence-corrected chi connectivity index (χ1v) is 6.31. The van der Waals surface area contributed by atoms with Gasteiger partial charge in [0.15, 0.2) is 0 Å². The lowest BCUT2D eigenvalue weighted by Crippen LogP contribution is -2.57. The Bertz CT molecular complexity index is 504. The number of amides is 1. The normalized spacial score (nSPS) is 20.0. The lowest BCUT2D eigenvalue weighted by atomic mass is 10.1. The van der Waals surface area contributed by atoms with Gasteiger partial charge in [-0.3, -0.25) is 14.9 Å². The number of aliphatic carboxylic acids is 1. The Morgan fingerprint density at radius 3 is 2.89 bits per heavy atom. The predicted molar refractivity (Wildman–Crippen MR) is 70.7 cm³/mol. The van der Waals surface area contributed by atoms with Crippen LogP contribution in [0.25, 0.3) is 0 Å². The number of hydrogen-bond donors (Lipinski definition) is 2. The van der Waals surface area contributed by atoms with Crippen molar-refractivity contribution in [2.24, 2.45) is 0 Å². The maximum Gasteiger partial charge on any atom is 0.322 e. The summed E-state index contributed by atoms with van der Waals surface area (Å²) in [6.45, 7) is 2.12. The molecule has 1 unspecified atom stereocenters. The molecular weight excluding hydrogens is 300 g/mol. The van der Waals surface area contributed by atoms with Crippen LogP contribution in [0, 0.1) is 6.92 Å². The van der Waals surface area contributed by atoms with Crippen LogP contribution in [0.5, 0.6) is 0 Å². The van der Waals surface area contributed by atoms with Gasteiger partial charge in [-0.1, -0.05) is 15.9 Å². The van der Waals surface area contributed by atoms with Crippen LogP contribution in [0.4, 0.5) is 5.69 Å². The number of hydrogen-bond acceptors (Lipinski definition) is 3. The minimum atomic E-state index is -0.943. The van der Waals surface area contributed by atoms with Crippen molar-refractivity contribution in [2.75, 3.05) is 18.0 Å². The molecule has 1 saturated heterocycles. The highest BCUT2D eigenvalue weighted by Gasteiger charge is 2.30. The number of aryl methyl sites for hydroxylation is 1. The van der Waals surface area contributed by atoms with Gasteiger partial charge in [0.25, 0.3) is 0 Å². The summed E-state index contributed by atoms with van der Waals surface area (Å²) in [5.41, 5.74) is 1.74. The van der Waals surface area contributed by atoms with Crippen molar-refractivity contribution in [1.82, 2.24) is 5.32 Å². The van der Waals surface area contributed by atoms with E-state index in [-0.39, 0.29) is 19.0 Å². The molecule has 2 N–H and O–H groups in total. The lowest BCUT2D eigenvalue weighted by molar-refractivity contribution is -0.139. The SMILES string of the molecule is Cc1cc(N2CC(C(=O)O)NCC2=O)ccc1Br. The van der Waals surface area contributed by atoms with Crippen molar-refractivity contribution in [3.63, 3.8) is 0 Å². The third-order valence-electron chi connectivity index (χ3n) is 2.92. The van der Waals surface area contributed by atoms with Gasteiger partial charge in [-0.25, -0.2) is 0 Å². The quantitative estimate of drug-likeness (QED) is 0.859. The molecule has 1 atom stereocenters. The van der Waals surface area contributed by atoms with E-state index in [0.29, 0.717) is 0 Å². The molecule has 0 aromatic heterocycles. The number of piperazine rings is 1. The number of carboxylic acids is 1. The summed E-state index contributed by atoms with van der Waals surface area (Å²) in [4.78, 5) is 24.3. The van der Waals surface area contributed by atoms with E-state index >= 15 is 0 Å². The Labute approximate surface area is 113 Å². The summed E-state index contributed by atoms with van der Waals surface area (Å²) in [5.74, 6) is -1.06. The van der Waals surface area contributed by atoms with Gasteiger partial charge in [0.2, 0.25) is 5.91 Å². The van der Waals surface area contributed by atoms with E-state index in [4.69, 9.17) is 5.11 Å². The molecule has 96 valence electrons. The van der Waals surface area contributed by atoms with Gasteiger partial charge in [0.05, 0.1) is 13.1 Å². The second-order valence-corrected chi connectivity index (χ2v) is 5.06. The molecule has 5 nitrogen and oxygen atoms in total. The average molecular weight is 313 g/mol. The number of carbonyl (C=O) groups excluding carboxylic acids is 1. The number of halogens is 1. The second-order valence-electron chi connectivity index (χ2n) is 4.21. The summed E-state index contributed by atoms with van der Waals surface area (Å²) in [6, 6.07) is 4.81. The van der Waals surface area contributed by atoms with Crippen LogP contribution in [0.15, 0.2) is 22.7 Å². The smallest absolute Gasteiger partial charge is 0.322 e. The first-order chi connectivity index (χ1) is 8.49. The summed E-state index contributed by atoms with van der Waals surface area (Å²) >= 11 is 3.39. The molecule has 1 aliphatic heterocycles. The van der Waals surface area contributed by atoms with Gasteiger partial charge >= 0.3 is 5.97 Å². The summed E-state index contributed by atoms with van der Waals surface area (Å²) in [5, 5.41) is 11.7. The van der Waals surface area contributed by atoms with E-state index < -0.39 is 12.0 Å². The maximum atomic E-state index is 11.8. The Hall–Kier alpha value is -1.40. The number of benzene rings is 1. The third kappa shape index (κ3) is 2.54. The van der Waals surface area contributed by atoms with Crippen molar-refractivity contribution >= 4 is 33.5 Å². The molecule has 1 aromatic carbocycles. The average Bonchev–Trinajstić information content (AvgIpc) is 2.33. The van der Waals surface area contributed by atoms with Crippen molar-refractivity contribution in [3.8, 4) is 0 Å². The molecule has 0 spiro atoms. The van der Waals surface area contributed by atoms with Gasteiger partial charge in [-0.2, -0.15) is 0 Å². The topological polar surface area (TPSA) is 69.6 Å². The van der Waals surface area contributed by atoms with Gasteiger partial charge in [0, 0.05) is 10.2 Å². The van der Waals surface area contributed by atoms with E-state index in [1.165, 1.54) is 4.90 Å². The van der Waals surface area contributed by atoms with E-state index in [2.05, 4.69) is 21.2 Å². The Balaban J connectivity index is 2.26. The van der Waals surface area contributed by atoms with Crippen LogP contribution in [0.1, 0.15) is 5.56 Å². The number of anilines is 1. The highest BCUT2D eigenvalue weighted by atomic mass is 79.9. The molecule has 0 aliphatic carbocycles. The molecule has 1 aromatic rings. The fraction of sp³-hybridized carbons (Fsp3) is 0.333. The van der Waals surface area contributed by atoms with Crippen LogP contribution < -0.4 is 10.2 Å². The number of nitrogens with one attached hydrogen (secondary N) is 1. The molecule has 0 radical (unpaired) electrons. The Kier molecular flexibility index (Phi) is 3.68. The molecule has 2 rings (SSSR count). The van der Waals surface area contributed by atoms with Crippen LogP contribution in [-0.2, 0) is 9.59 Å². The number of carbonyl (C=O) groups is 2. The zero-order valence-corrected chi connectivity index (χ0v) is 11.4. The largest absolute Gasteiger partial charge is 0.480 e. The van der Waals surface area contributed by atoms with Crippen molar-refractivity contribution in [2.45, 2.75) is 13.0 Å². The maximum absolute atomic E-state index is 11.8. The first kappa shape index (κ1) is 13.0. The second kappa shape index (κ2) is 5.07. The molecule has 0 saturated carbocycles. The van der Waals surface area contributed by atoms with Gasteiger partial charge < -0.3 is 10.0 Å². The third-order valence-corrected chi connectivity index (χ3v) is 3.81. The summed E-state index contributed by atoms with van der Waals surface area (Å²) in [7, 11) is 0. The zero-order chi connectivity index (χ0) is 13.3. The molecule has 1 fully saturated rings. The highest BCUT2D eigenvalue weighted by molar-refractivity contribution is 9.10. The molecule has 1 amide bonds. The van der Waals surface area contributed by atoms with Crippen LogP contribution in [-0.4, -0.2) is 36.1 Å². The van der Waals surface area contributed by atoms with Crippen molar-refractivity contribution in [3.05, 3.63) is 28.2 Å². The lowest BCUT2D eigenvalue weighted by Gasteiger charge is -2.31. The van der Waals surface area contributed by atoms with Crippen molar-refractivity contribution < 1.29 is 14.7 Å². The fourth-order valence-corrected chi connectivity index (χ4v) is 2.11. The van der Waals surface area contributed by atoms with Crippen LogP contribution >= 0.6 is 15.9 Å². The monoisotopic (exact) mass is 312 g/mol. The molecule has 1 heterocycles. The molecule has 1 aliphatic rings. The molecule has 18 heavy (non-hydrogen) atoms. The van der Waals surface area contributed by atoms with Gasteiger partial charge in [-0.15, -0.1) is 0 Å². The molecular formula is C12H13BrN2O3. The Morgan fingerprint density at radius 2 is 2.28 bits per heavy atom. The molecule has 0 bridgehead atoms. The minimum absolute atomic E-state index is 0.0477. The number of rotatable bonds is 2. The van der Waals surface area contributed by atoms with E-state index in [1.54, 1.807) is 6.07 Å². The zero-order valence-electron chi connectivity index (χ0n) is 9.81. The van der Waals surface area contributed by atoms with Crippen LogP contribution in [0.2, 0.25) is 0 Å². The Morgan fingerprint density at radius 1 is 1.56 bits per heavy atom. The van der Waals surface area contributed by atoms with E-state index in [0.717, 1.165) is 15.7 Å². The van der Waals surface area contributed by atoms with Gasteiger partial charge in [0.1, 0.15) is 6.04 Å². The standard InChI is InChI=1S/C12H13BrN2O3/c1-7-4-8(2-3-9(7)13)15-6-10(12(17)18)14-5-11(15)16/h2-4,10,14H,5-6H2,1H3,(H,17,18). The summed E-state index contributed by atoms with van der Waals surface area (Å²) in [6.07, 6.45) is 0. The summed E-state index contributed by atoms with van der Waals surface area (Å²) < 4.78 is 0.962. The molecule has 6 heteroatoms.